The van der Waals surface area contributed by atoms with Gasteiger partial charge < -0.3 is 0 Å². The molecule has 0 amide bonds. The third kappa shape index (κ3) is 2.54. The average Bonchev–Trinajstić information content (AvgIpc) is 2.77. The van der Waals surface area contributed by atoms with Crippen molar-refractivity contribution in [1.29, 1.82) is 0 Å². The van der Waals surface area contributed by atoms with Crippen molar-refractivity contribution >= 4 is 15.9 Å². The fourth-order valence-electron chi connectivity index (χ4n) is 1.62. The zero-order valence-electron chi connectivity index (χ0n) is 9.69. The van der Waals surface area contributed by atoms with Crippen molar-refractivity contribution in [1.82, 2.24) is 15.0 Å². The second kappa shape index (κ2) is 4.96. The van der Waals surface area contributed by atoms with Gasteiger partial charge in [0.25, 0.3) is 0 Å². The lowest BCUT2D eigenvalue weighted by molar-refractivity contribution is 0.625. The quantitative estimate of drug-likeness (QED) is 0.811. The van der Waals surface area contributed by atoms with Gasteiger partial charge in [-0.2, -0.15) is 0 Å². The molecule has 2 rings (SSSR count). The van der Waals surface area contributed by atoms with E-state index in [4.69, 9.17) is 0 Å². The summed E-state index contributed by atoms with van der Waals surface area (Å²) in [5.41, 5.74) is 2.57. The minimum absolute atomic E-state index is 0.206. The molecule has 0 aliphatic carbocycles. The summed E-state index contributed by atoms with van der Waals surface area (Å²) in [4.78, 5) is 0.206. The van der Waals surface area contributed by atoms with Crippen LogP contribution >= 0.6 is 15.9 Å². The summed E-state index contributed by atoms with van der Waals surface area (Å²) in [6.07, 6.45) is 2.81. The van der Waals surface area contributed by atoms with Crippen LogP contribution in [0.25, 0.3) is 5.69 Å². The zero-order valence-corrected chi connectivity index (χ0v) is 11.3. The van der Waals surface area contributed by atoms with Crippen LogP contribution < -0.4 is 0 Å². The molecule has 0 aliphatic rings. The van der Waals surface area contributed by atoms with Crippen LogP contribution in [0.3, 0.4) is 0 Å². The first-order valence-corrected chi connectivity index (χ1v) is 6.36. The molecule has 1 aromatic heterocycles. The standard InChI is InChI=1S/C12H13BrFN3/c1-3-10(13)11-7-17(16-15-11)12-5-4-9(14)6-8(12)2/h4-7,10H,3H2,1-2H3. The van der Waals surface area contributed by atoms with Gasteiger partial charge in [0.15, 0.2) is 0 Å². The molecule has 17 heavy (non-hydrogen) atoms. The highest BCUT2D eigenvalue weighted by molar-refractivity contribution is 9.09. The molecule has 3 nitrogen and oxygen atoms in total. The average molecular weight is 298 g/mol. The van der Waals surface area contributed by atoms with Crippen LogP contribution in [0.15, 0.2) is 24.4 Å². The summed E-state index contributed by atoms with van der Waals surface area (Å²) in [5, 5.41) is 8.16. The molecule has 0 radical (unpaired) electrons. The lowest BCUT2D eigenvalue weighted by Gasteiger charge is -2.04. The predicted molar refractivity (Wildman–Crippen MR) is 68.0 cm³/mol. The lowest BCUT2D eigenvalue weighted by Crippen LogP contribution is -1.98. The van der Waals surface area contributed by atoms with Gasteiger partial charge in [0, 0.05) is 0 Å². The van der Waals surface area contributed by atoms with Crippen LogP contribution in [0.4, 0.5) is 4.39 Å². The van der Waals surface area contributed by atoms with Gasteiger partial charge in [-0.05, 0) is 37.1 Å². The Labute approximate surface area is 108 Å². The largest absolute Gasteiger partial charge is 0.220 e. The number of alkyl halides is 1. The van der Waals surface area contributed by atoms with Crippen LogP contribution in [-0.4, -0.2) is 15.0 Å². The normalized spacial score (nSPS) is 12.7. The van der Waals surface area contributed by atoms with E-state index in [1.54, 1.807) is 10.7 Å². The molecule has 0 spiro atoms. The molecule has 0 N–H and O–H groups in total. The van der Waals surface area contributed by atoms with Crippen LogP contribution in [0.2, 0.25) is 0 Å². The Hall–Kier alpha value is -1.23. The second-order valence-corrected chi connectivity index (χ2v) is 5.00. The first kappa shape index (κ1) is 12.2. The molecule has 5 heteroatoms. The number of halogens is 2. The maximum Gasteiger partial charge on any atom is 0.123 e. The van der Waals surface area contributed by atoms with E-state index in [1.807, 2.05) is 13.1 Å². The van der Waals surface area contributed by atoms with Crippen LogP contribution in [-0.2, 0) is 0 Å². The van der Waals surface area contributed by atoms with E-state index in [1.165, 1.54) is 12.1 Å². The highest BCUT2D eigenvalue weighted by Crippen LogP contribution is 2.24. The van der Waals surface area contributed by atoms with Gasteiger partial charge in [-0.3, -0.25) is 0 Å². The Morgan fingerprint density at radius 2 is 2.24 bits per heavy atom. The summed E-state index contributed by atoms with van der Waals surface area (Å²) < 4.78 is 14.7. The van der Waals surface area contributed by atoms with Gasteiger partial charge in [0.1, 0.15) is 5.82 Å². The molecule has 1 heterocycles. The first-order chi connectivity index (χ1) is 8.11. The summed E-state index contributed by atoms with van der Waals surface area (Å²) >= 11 is 3.53. The topological polar surface area (TPSA) is 30.7 Å². The highest BCUT2D eigenvalue weighted by atomic mass is 79.9. The molecule has 1 aromatic carbocycles. The van der Waals surface area contributed by atoms with E-state index >= 15 is 0 Å². The van der Waals surface area contributed by atoms with E-state index in [9.17, 15) is 4.39 Å². The molecule has 0 aliphatic heterocycles. The smallest absolute Gasteiger partial charge is 0.123 e. The van der Waals surface area contributed by atoms with Crippen molar-refractivity contribution in [3.63, 3.8) is 0 Å². The van der Waals surface area contributed by atoms with E-state index in [2.05, 4.69) is 33.2 Å². The van der Waals surface area contributed by atoms with Crippen molar-refractivity contribution in [2.75, 3.05) is 0 Å². The monoisotopic (exact) mass is 297 g/mol. The molecule has 90 valence electrons. The van der Waals surface area contributed by atoms with Crippen molar-refractivity contribution in [3.8, 4) is 5.69 Å². The Balaban J connectivity index is 2.37. The van der Waals surface area contributed by atoms with Gasteiger partial charge in [-0.15, -0.1) is 5.10 Å². The SMILES string of the molecule is CCC(Br)c1cn(-c2ccc(F)cc2C)nn1. The van der Waals surface area contributed by atoms with Crippen molar-refractivity contribution in [2.45, 2.75) is 25.1 Å². The number of hydrogen-bond donors (Lipinski definition) is 0. The number of aryl methyl sites for hydroxylation is 1. The van der Waals surface area contributed by atoms with Crippen LogP contribution in [0, 0.1) is 12.7 Å². The first-order valence-electron chi connectivity index (χ1n) is 5.44. The summed E-state index contributed by atoms with van der Waals surface area (Å²) in [5.74, 6) is -0.237. The Bertz CT molecular complexity index is 524. The molecular formula is C12H13BrFN3. The third-order valence-corrected chi connectivity index (χ3v) is 3.71. The van der Waals surface area contributed by atoms with Crippen LogP contribution in [0.1, 0.15) is 29.4 Å². The van der Waals surface area contributed by atoms with Crippen molar-refractivity contribution < 1.29 is 4.39 Å². The Morgan fingerprint density at radius 3 is 2.88 bits per heavy atom. The molecule has 0 saturated heterocycles. The minimum atomic E-state index is -0.237. The lowest BCUT2D eigenvalue weighted by atomic mass is 10.2. The molecule has 1 unspecified atom stereocenters. The Morgan fingerprint density at radius 1 is 1.47 bits per heavy atom. The third-order valence-electron chi connectivity index (χ3n) is 2.60. The van der Waals surface area contributed by atoms with E-state index in [0.29, 0.717) is 0 Å². The van der Waals surface area contributed by atoms with Crippen molar-refractivity contribution in [3.05, 3.63) is 41.5 Å². The minimum Gasteiger partial charge on any atom is -0.220 e. The fourth-order valence-corrected chi connectivity index (χ4v) is 1.83. The summed E-state index contributed by atoms with van der Waals surface area (Å²) in [6, 6.07) is 4.62. The van der Waals surface area contributed by atoms with Gasteiger partial charge >= 0.3 is 0 Å². The van der Waals surface area contributed by atoms with E-state index in [0.717, 1.165) is 23.4 Å². The molecule has 1 atom stereocenters. The molecule has 0 bridgehead atoms. The second-order valence-electron chi connectivity index (χ2n) is 3.89. The summed E-state index contributed by atoms with van der Waals surface area (Å²) in [6.45, 7) is 3.92. The molecule has 0 fully saturated rings. The summed E-state index contributed by atoms with van der Waals surface area (Å²) in [7, 11) is 0. The highest BCUT2D eigenvalue weighted by Gasteiger charge is 2.11. The van der Waals surface area contributed by atoms with Gasteiger partial charge in [0.2, 0.25) is 0 Å². The molecule has 2 aromatic rings. The van der Waals surface area contributed by atoms with Gasteiger partial charge in [-0.1, -0.05) is 28.1 Å². The number of hydrogen-bond acceptors (Lipinski definition) is 2. The zero-order chi connectivity index (χ0) is 12.4. The predicted octanol–water partition coefficient (Wildman–Crippen LogP) is 3.56. The van der Waals surface area contributed by atoms with E-state index < -0.39 is 0 Å². The maximum atomic E-state index is 13.0. The molecule has 0 saturated carbocycles. The number of benzene rings is 1. The van der Waals surface area contributed by atoms with Crippen LogP contribution in [0.5, 0.6) is 0 Å². The number of aromatic nitrogens is 3. The molecular weight excluding hydrogens is 285 g/mol. The number of nitrogens with zero attached hydrogens (tertiary/aromatic N) is 3. The Kier molecular flexibility index (Phi) is 3.57. The number of rotatable bonds is 3. The van der Waals surface area contributed by atoms with Gasteiger partial charge in [-0.25, -0.2) is 9.07 Å². The maximum absolute atomic E-state index is 13.0. The fraction of sp³-hybridized carbons (Fsp3) is 0.333. The van der Waals surface area contributed by atoms with Crippen molar-refractivity contribution in [2.24, 2.45) is 0 Å². The van der Waals surface area contributed by atoms with Gasteiger partial charge in [0.05, 0.1) is 22.4 Å². The van der Waals surface area contributed by atoms with E-state index in [-0.39, 0.29) is 10.6 Å².